The number of hydrogen-bond donors (Lipinski definition) is 1. The lowest BCUT2D eigenvalue weighted by molar-refractivity contribution is 0.188. The van der Waals surface area contributed by atoms with Gasteiger partial charge in [0.1, 0.15) is 0 Å². The van der Waals surface area contributed by atoms with Gasteiger partial charge in [-0.2, -0.15) is 5.10 Å². The van der Waals surface area contributed by atoms with Crippen molar-refractivity contribution < 1.29 is 4.74 Å². The fraction of sp³-hybridized carbons (Fsp3) is 0.500. The fourth-order valence-electron chi connectivity index (χ4n) is 1.61. The van der Waals surface area contributed by atoms with Crippen molar-refractivity contribution in [2.75, 3.05) is 19.0 Å². The standard InChI is InChI=1S/C12H19N5O/c1-10(2)17-6-4-11(15-17)14-12-13-5-7-16(12)8-9-18-3/h4-7,10H,8-9H2,1-3H3,(H,13,14,15). The molecule has 2 heterocycles. The number of methoxy groups -OCH3 is 1. The van der Waals surface area contributed by atoms with Crippen LogP contribution < -0.4 is 5.32 Å². The van der Waals surface area contributed by atoms with Crippen LogP contribution in [0.15, 0.2) is 24.7 Å². The van der Waals surface area contributed by atoms with Gasteiger partial charge in [0, 0.05) is 44.4 Å². The molecule has 0 spiro atoms. The van der Waals surface area contributed by atoms with E-state index in [1.54, 1.807) is 13.3 Å². The second kappa shape index (κ2) is 5.68. The molecular formula is C12H19N5O. The van der Waals surface area contributed by atoms with Crippen molar-refractivity contribution in [1.29, 1.82) is 0 Å². The van der Waals surface area contributed by atoms with Crippen LogP contribution in [0.3, 0.4) is 0 Å². The Bertz CT molecular complexity index is 488. The third-order valence-corrected chi connectivity index (χ3v) is 2.63. The molecule has 0 aromatic carbocycles. The van der Waals surface area contributed by atoms with Gasteiger partial charge < -0.3 is 14.6 Å². The number of nitrogens with one attached hydrogen (secondary N) is 1. The monoisotopic (exact) mass is 249 g/mol. The summed E-state index contributed by atoms with van der Waals surface area (Å²) in [6.45, 7) is 5.61. The highest BCUT2D eigenvalue weighted by Crippen LogP contribution is 2.14. The summed E-state index contributed by atoms with van der Waals surface area (Å²) < 4.78 is 8.97. The first-order valence-corrected chi connectivity index (χ1v) is 6.03. The molecule has 1 N–H and O–H groups in total. The number of hydrogen-bond acceptors (Lipinski definition) is 4. The summed E-state index contributed by atoms with van der Waals surface area (Å²) in [5.41, 5.74) is 0. The molecule has 98 valence electrons. The molecule has 2 rings (SSSR count). The SMILES string of the molecule is COCCn1ccnc1Nc1ccn(C(C)C)n1. The van der Waals surface area contributed by atoms with Gasteiger partial charge in [0.15, 0.2) is 5.82 Å². The van der Waals surface area contributed by atoms with Crippen LogP contribution >= 0.6 is 0 Å². The first kappa shape index (κ1) is 12.6. The molecule has 2 aromatic rings. The van der Waals surface area contributed by atoms with Crippen LogP contribution in [0, 0.1) is 0 Å². The Labute approximate surface area is 107 Å². The minimum absolute atomic E-state index is 0.355. The van der Waals surface area contributed by atoms with E-state index in [1.807, 2.05) is 27.7 Å². The minimum Gasteiger partial charge on any atom is -0.383 e. The fourth-order valence-corrected chi connectivity index (χ4v) is 1.61. The molecule has 0 unspecified atom stereocenters. The normalized spacial score (nSPS) is 11.1. The number of rotatable bonds is 6. The molecule has 0 atom stereocenters. The molecule has 2 aromatic heterocycles. The third-order valence-electron chi connectivity index (χ3n) is 2.63. The van der Waals surface area contributed by atoms with Crippen molar-refractivity contribution in [3.8, 4) is 0 Å². The van der Waals surface area contributed by atoms with Crippen molar-refractivity contribution in [1.82, 2.24) is 19.3 Å². The first-order valence-electron chi connectivity index (χ1n) is 6.03. The van der Waals surface area contributed by atoms with Gasteiger partial charge in [-0.3, -0.25) is 4.68 Å². The number of anilines is 2. The Balaban J connectivity index is 2.06. The summed E-state index contributed by atoms with van der Waals surface area (Å²) in [7, 11) is 1.69. The molecule has 0 aliphatic heterocycles. The van der Waals surface area contributed by atoms with E-state index in [0.29, 0.717) is 12.6 Å². The molecule has 18 heavy (non-hydrogen) atoms. The first-order chi connectivity index (χ1) is 8.70. The summed E-state index contributed by atoms with van der Waals surface area (Å²) in [5.74, 6) is 1.58. The van der Waals surface area contributed by atoms with Gasteiger partial charge in [0.25, 0.3) is 0 Å². The van der Waals surface area contributed by atoms with E-state index in [-0.39, 0.29) is 0 Å². The van der Waals surface area contributed by atoms with E-state index >= 15 is 0 Å². The van der Waals surface area contributed by atoms with Gasteiger partial charge in [-0.1, -0.05) is 0 Å². The van der Waals surface area contributed by atoms with Gasteiger partial charge >= 0.3 is 0 Å². The number of nitrogens with zero attached hydrogens (tertiary/aromatic N) is 4. The molecule has 6 heteroatoms. The van der Waals surface area contributed by atoms with Gasteiger partial charge in [0.05, 0.1) is 6.61 Å². The summed E-state index contributed by atoms with van der Waals surface area (Å²) in [6.07, 6.45) is 5.63. The molecule has 0 saturated carbocycles. The lowest BCUT2D eigenvalue weighted by Gasteiger charge is -2.08. The molecule has 0 bridgehead atoms. The van der Waals surface area contributed by atoms with Crippen molar-refractivity contribution in [2.24, 2.45) is 0 Å². The van der Waals surface area contributed by atoms with Crippen LogP contribution in [0.4, 0.5) is 11.8 Å². The zero-order valence-corrected chi connectivity index (χ0v) is 11.0. The van der Waals surface area contributed by atoms with Crippen LogP contribution in [-0.2, 0) is 11.3 Å². The van der Waals surface area contributed by atoms with Crippen molar-refractivity contribution in [2.45, 2.75) is 26.4 Å². The highest BCUT2D eigenvalue weighted by atomic mass is 16.5. The lowest BCUT2D eigenvalue weighted by Crippen LogP contribution is -2.08. The van der Waals surface area contributed by atoms with E-state index in [1.165, 1.54) is 0 Å². The summed E-state index contributed by atoms with van der Waals surface area (Å²) in [4.78, 5) is 4.27. The zero-order chi connectivity index (χ0) is 13.0. The maximum absolute atomic E-state index is 5.06. The molecule has 0 fully saturated rings. The van der Waals surface area contributed by atoms with E-state index in [2.05, 4.69) is 29.2 Å². The second-order valence-electron chi connectivity index (χ2n) is 4.34. The smallest absolute Gasteiger partial charge is 0.208 e. The molecule has 0 radical (unpaired) electrons. The second-order valence-corrected chi connectivity index (χ2v) is 4.34. The molecular weight excluding hydrogens is 230 g/mol. The van der Waals surface area contributed by atoms with Gasteiger partial charge in [-0.25, -0.2) is 4.98 Å². The van der Waals surface area contributed by atoms with Crippen molar-refractivity contribution in [3.05, 3.63) is 24.7 Å². The van der Waals surface area contributed by atoms with Crippen molar-refractivity contribution in [3.63, 3.8) is 0 Å². The largest absolute Gasteiger partial charge is 0.383 e. The number of ether oxygens (including phenoxy) is 1. The number of imidazole rings is 1. The average molecular weight is 249 g/mol. The topological polar surface area (TPSA) is 56.9 Å². The summed E-state index contributed by atoms with van der Waals surface area (Å²) in [5, 5.41) is 7.63. The molecule has 0 amide bonds. The van der Waals surface area contributed by atoms with Crippen LogP contribution in [0.5, 0.6) is 0 Å². The molecule has 6 nitrogen and oxygen atoms in total. The Morgan fingerprint density at radius 1 is 1.39 bits per heavy atom. The number of aromatic nitrogens is 4. The Morgan fingerprint density at radius 2 is 2.22 bits per heavy atom. The highest BCUT2D eigenvalue weighted by Gasteiger charge is 2.06. The van der Waals surface area contributed by atoms with E-state index in [9.17, 15) is 0 Å². The molecule has 0 saturated heterocycles. The average Bonchev–Trinajstić information content (AvgIpc) is 2.96. The Kier molecular flexibility index (Phi) is 3.99. The van der Waals surface area contributed by atoms with Gasteiger partial charge in [-0.05, 0) is 13.8 Å². The highest BCUT2D eigenvalue weighted by molar-refractivity contribution is 5.47. The van der Waals surface area contributed by atoms with Crippen LogP contribution in [0.25, 0.3) is 0 Å². The van der Waals surface area contributed by atoms with Gasteiger partial charge in [-0.15, -0.1) is 0 Å². The van der Waals surface area contributed by atoms with E-state index < -0.39 is 0 Å². The van der Waals surface area contributed by atoms with Crippen LogP contribution in [0.2, 0.25) is 0 Å². The van der Waals surface area contributed by atoms with Crippen LogP contribution in [0.1, 0.15) is 19.9 Å². The maximum atomic E-state index is 5.06. The predicted octanol–water partition coefficient (Wildman–Crippen LogP) is 2.05. The Hall–Kier alpha value is -1.82. The summed E-state index contributed by atoms with van der Waals surface area (Å²) >= 11 is 0. The third kappa shape index (κ3) is 2.89. The lowest BCUT2D eigenvalue weighted by atomic mass is 10.4. The maximum Gasteiger partial charge on any atom is 0.208 e. The molecule has 0 aliphatic rings. The summed E-state index contributed by atoms with van der Waals surface area (Å²) in [6, 6.07) is 2.30. The minimum atomic E-state index is 0.355. The van der Waals surface area contributed by atoms with E-state index in [0.717, 1.165) is 18.3 Å². The Morgan fingerprint density at radius 3 is 2.89 bits per heavy atom. The molecule has 0 aliphatic carbocycles. The zero-order valence-electron chi connectivity index (χ0n) is 11.0. The van der Waals surface area contributed by atoms with E-state index in [4.69, 9.17) is 4.74 Å². The van der Waals surface area contributed by atoms with Crippen LogP contribution in [-0.4, -0.2) is 33.0 Å². The van der Waals surface area contributed by atoms with Gasteiger partial charge in [0.2, 0.25) is 5.95 Å². The quantitative estimate of drug-likeness (QED) is 0.851. The predicted molar refractivity (Wildman–Crippen MR) is 70.0 cm³/mol. The van der Waals surface area contributed by atoms with Crippen molar-refractivity contribution >= 4 is 11.8 Å².